The van der Waals surface area contributed by atoms with Gasteiger partial charge in [-0.3, -0.25) is 14.9 Å². The number of amides is 4. The number of barbiturate groups is 1. The van der Waals surface area contributed by atoms with Crippen LogP contribution in [0.25, 0.3) is 6.08 Å². The van der Waals surface area contributed by atoms with Crippen molar-refractivity contribution in [3.05, 3.63) is 87.7 Å². The van der Waals surface area contributed by atoms with Crippen LogP contribution in [0.5, 0.6) is 17.2 Å². The number of hydrogen-bond donors (Lipinski definition) is 1. The molecular formula is C25H16BrFN2O6. The highest BCUT2D eigenvalue weighted by molar-refractivity contribution is 9.10. The maximum atomic E-state index is 13.3. The Kier molecular flexibility index (Phi) is 5.96. The standard InChI is InChI=1S/C25H16BrFN2O6/c26-19-10-14(1-7-20(19)33-12-15-2-8-21-22(11-15)35-13-34-21)9-18-23(30)28-25(32)29(24(18)31)17-5-3-16(27)4-6-17/h1-11H,12-13H2,(H,28,30,32)/b18-9+. The smallest absolute Gasteiger partial charge is 0.335 e. The molecule has 1 fully saturated rings. The summed E-state index contributed by atoms with van der Waals surface area (Å²) >= 11 is 3.45. The van der Waals surface area contributed by atoms with Crippen LogP contribution in [0, 0.1) is 5.82 Å². The first-order chi connectivity index (χ1) is 16.9. The summed E-state index contributed by atoms with van der Waals surface area (Å²) in [5.41, 5.74) is 1.32. The zero-order valence-electron chi connectivity index (χ0n) is 17.9. The van der Waals surface area contributed by atoms with E-state index in [9.17, 15) is 18.8 Å². The molecule has 10 heteroatoms. The monoisotopic (exact) mass is 538 g/mol. The maximum absolute atomic E-state index is 13.3. The van der Waals surface area contributed by atoms with Gasteiger partial charge in [-0.1, -0.05) is 12.1 Å². The van der Waals surface area contributed by atoms with E-state index in [4.69, 9.17) is 14.2 Å². The minimum absolute atomic E-state index is 0.140. The van der Waals surface area contributed by atoms with E-state index >= 15 is 0 Å². The van der Waals surface area contributed by atoms with Crippen LogP contribution < -0.4 is 24.4 Å². The second-order valence-electron chi connectivity index (χ2n) is 7.60. The fourth-order valence-electron chi connectivity index (χ4n) is 3.56. The molecule has 3 aromatic rings. The number of nitrogens with zero attached hydrogens (tertiary/aromatic N) is 1. The Balaban J connectivity index is 1.34. The molecule has 2 heterocycles. The number of carbonyl (C=O) groups excluding carboxylic acids is 3. The van der Waals surface area contributed by atoms with Crippen molar-refractivity contribution in [2.24, 2.45) is 0 Å². The van der Waals surface area contributed by atoms with Gasteiger partial charge in [0.1, 0.15) is 23.7 Å². The van der Waals surface area contributed by atoms with Crippen molar-refractivity contribution >= 4 is 45.5 Å². The second kappa shape index (κ2) is 9.22. The number of halogens is 2. The van der Waals surface area contributed by atoms with Crippen molar-refractivity contribution in [1.82, 2.24) is 5.32 Å². The Hall–Kier alpha value is -4.18. The van der Waals surface area contributed by atoms with E-state index < -0.39 is 23.7 Å². The van der Waals surface area contributed by atoms with Crippen LogP contribution in [0.1, 0.15) is 11.1 Å². The summed E-state index contributed by atoms with van der Waals surface area (Å²) in [5, 5.41) is 2.14. The van der Waals surface area contributed by atoms with E-state index in [0.717, 1.165) is 22.6 Å². The molecule has 35 heavy (non-hydrogen) atoms. The van der Waals surface area contributed by atoms with E-state index in [-0.39, 0.29) is 24.7 Å². The number of hydrogen-bond acceptors (Lipinski definition) is 6. The largest absolute Gasteiger partial charge is 0.488 e. The average molecular weight is 539 g/mol. The summed E-state index contributed by atoms with van der Waals surface area (Å²) < 4.78 is 30.4. The molecule has 0 unspecified atom stereocenters. The third kappa shape index (κ3) is 4.60. The highest BCUT2D eigenvalue weighted by Crippen LogP contribution is 2.34. The third-order valence-electron chi connectivity index (χ3n) is 5.28. The number of fused-ring (bicyclic) bond motifs is 1. The predicted octanol–water partition coefficient (Wildman–Crippen LogP) is 4.56. The molecule has 3 aromatic carbocycles. The number of anilines is 1. The van der Waals surface area contributed by atoms with Gasteiger partial charge in [-0.2, -0.15) is 0 Å². The Morgan fingerprint density at radius 2 is 1.77 bits per heavy atom. The van der Waals surface area contributed by atoms with Crippen LogP contribution in [-0.2, 0) is 16.2 Å². The number of urea groups is 1. The molecule has 5 rings (SSSR count). The molecule has 0 atom stereocenters. The quantitative estimate of drug-likeness (QED) is 0.378. The molecule has 2 aliphatic heterocycles. The van der Waals surface area contributed by atoms with Crippen LogP contribution in [0.15, 0.2) is 70.7 Å². The van der Waals surface area contributed by atoms with Crippen molar-refractivity contribution < 1.29 is 33.0 Å². The Morgan fingerprint density at radius 3 is 2.54 bits per heavy atom. The van der Waals surface area contributed by atoms with Gasteiger partial charge in [-0.15, -0.1) is 0 Å². The van der Waals surface area contributed by atoms with Gasteiger partial charge in [0.15, 0.2) is 11.5 Å². The molecule has 1 saturated heterocycles. The average Bonchev–Trinajstić information content (AvgIpc) is 3.30. The van der Waals surface area contributed by atoms with Crippen LogP contribution in [0.2, 0.25) is 0 Å². The highest BCUT2D eigenvalue weighted by Gasteiger charge is 2.36. The zero-order chi connectivity index (χ0) is 24.5. The number of ether oxygens (including phenoxy) is 3. The summed E-state index contributed by atoms with van der Waals surface area (Å²) in [4.78, 5) is 38.4. The molecule has 1 N–H and O–H groups in total. The van der Waals surface area contributed by atoms with Crippen LogP contribution >= 0.6 is 15.9 Å². The summed E-state index contributed by atoms with van der Waals surface area (Å²) in [7, 11) is 0. The molecule has 8 nitrogen and oxygen atoms in total. The number of carbonyl (C=O) groups is 3. The van der Waals surface area contributed by atoms with Gasteiger partial charge in [0.2, 0.25) is 6.79 Å². The summed E-state index contributed by atoms with van der Waals surface area (Å²) in [6, 6.07) is 14.5. The van der Waals surface area contributed by atoms with Gasteiger partial charge >= 0.3 is 6.03 Å². The van der Waals surface area contributed by atoms with Gasteiger partial charge in [0, 0.05) is 0 Å². The molecule has 0 radical (unpaired) electrons. The lowest BCUT2D eigenvalue weighted by molar-refractivity contribution is -0.122. The van der Waals surface area contributed by atoms with E-state index in [1.54, 1.807) is 18.2 Å². The summed E-state index contributed by atoms with van der Waals surface area (Å²) in [6.45, 7) is 0.476. The molecule has 2 aliphatic rings. The third-order valence-corrected chi connectivity index (χ3v) is 5.90. The molecule has 0 saturated carbocycles. The van der Waals surface area contributed by atoms with Crippen LogP contribution in [0.4, 0.5) is 14.9 Å². The minimum Gasteiger partial charge on any atom is -0.488 e. The normalized spacial score (nSPS) is 16.0. The fourth-order valence-corrected chi connectivity index (χ4v) is 4.08. The van der Waals surface area contributed by atoms with Gasteiger partial charge in [-0.05, 0) is 81.7 Å². The zero-order valence-corrected chi connectivity index (χ0v) is 19.5. The number of benzene rings is 3. The first-order valence-electron chi connectivity index (χ1n) is 10.4. The van der Waals surface area contributed by atoms with E-state index in [1.807, 2.05) is 18.2 Å². The first kappa shape index (κ1) is 22.6. The highest BCUT2D eigenvalue weighted by atomic mass is 79.9. The summed E-state index contributed by atoms with van der Waals surface area (Å²) in [5.74, 6) is -0.255. The molecule has 4 amide bonds. The Bertz CT molecular complexity index is 1390. The van der Waals surface area contributed by atoms with E-state index in [1.165, 1.54) is 18.2 Å². The van der Waals surface area contributed by atoms with Crippen LogP contribution in [0.3, 0.4) is 0 Å². The fraction of sp³-hybridized carbons (Fsp3) is 0.0800. The Labute approximate surface area is 207 Å². The lowest BCUT2D eigenvalue weighted by atomic mass is 10.1. The van der Waals surface area contributed by atoms with Crippen LogP contribution in [-0.4, -0.2) is 24.6 Å². The minimum atomic E-state index is -0.905. The van der Waals surface area contributed by atoms with E-state index in [0.29, 0.717) is 27.3 Å². The van der Waals surface area contributed by atoms with Crippen molar-refractivity contribution in [3.63, 3.8) is 0 Å². The lowest BCUT2D eigenvalue weighted by Gasteiger charge is -2.26. The molecular weight excluding hydrogens is 523 g/mol. The number of rotatable bonds is 5. The maximum Gasteiger partial charge on any atom is 0.335 e. The number of imide groups is 2. The van der Waals surface area contributed by atoms with Gasteiger partial charge in [0.05, 0.1) is 10.2 Å². The SMILES string of the molecule is O=C1NC(=O)N(c2ccc(F)cc2)C(=O)/C1=C/c1ccc(OCc2ccc3c(c2)OCO3)c(Br)c1. The topological polar surface area (TPSA) is 94.2 Å². The number of nitrogens with one attached hydrogen (secondary N) is 1. The first-order valence-corrected chi connectivity index (χ1v) is 11.2. The van der Waals surface area contributed by atoms with Gasteiger partial charge < -0.3 is 14.2 Å². The Morgan fingerprint density at radius 1 is 1.00 bits per heavy atom. The predicted molar refractivity (Wildman–Crippen MR) is 126 cm³/mol. The summed E-state index contributed by atoms with van der Waals surface area (Å²) in [6.07, 6.45) is 1.37. The van der Waals surface area contributed by atoms with Crippen molar-refractivity contribution in [1.29, 1.82) is 0 Å². The van der Waals surface area contributed by atoms with Crippen molar-refractivity contribution in [2.75, 3.05) is 11.7 Å². The molecule has 176 valence electrons. The molecule has 0 bridgehead atoms. The van der Waals surface area contributed by atoms with Crippen molar-refractivity contribution in [3.8, 4) is 17.2 Å². The lowest BCUT2D eigenvalue weighted by Crippen LogP contribution is -2.54. The van der Waals surface area contributed by atoms with Gasteiger partial charge in [0.25, 0.3) is 11.8 Å². The second-order valence-corrected chi connectivity index (χ2v) is 8.45. The molecule has 0 spiro atoms. The molecule has 0 aliphatic carbocycles. The van der Waals surface area contributed by atoms with E-state index in [2.05, 4.69) is 21.2 Å². The molecule has 0 aromatic heterocycles. The van der Waals surface area contributed by atoms with Crippen molar-refractivity contribution in [2.45, 2.75) is 6.61 Å². The van der Waals surface area contributed by atoms with Gasteiger partial charge in [-0.25, -0.2) is 14.1 Å².